The number of nitrogens with zero attached hydrogens (tertiary/aromatic N) is 2. The van der Waals surface area contributed by atoms with Crippen LogP contribution in [0.3, 0.4) is 0 Å². The Hall–Kier alpha value is -4.55. The van der Waals surface area contributed by atoms with E-state index in [1.807, 2.05) is 6.07 Å². The highest BCUT2D eigenvalue weighted by Gasteiger charge is 2.51. The minimum Gasteiger partial charge on any atom is -0.438 e. The standard InChI is InChI=1S/C45H45N2O2Si/c1-44(2,3)38-28-16-29-39-37(38)27-17-31-45(39,49-50(35-23-12-6-13-24-35)36-25-14-7-15-26-36)47-32-18-30-40(47)43-46-41(33-19-8-4-9-20-33)42(48-43)34-21-10-5-11-22-34/h4-16,19-26,28-29,40H,17-18,27,30-32H2,1-3H3/t40-,45-/m1/s1. The van der Waals surface area contributed by atoms with Gasteiger partial charge in [-0.2, -0.15) is 0 Å². The molecule has 2 heterocycles. The molecular formula is C45H45N2O2Si. The first kappa shape index (κ1) is 32.6. The summed E-state index contributed by atoms with van der Waals surface area (Å²) in [5.41, 5.74) is 6.54. The number of hydrogen-bond donors (Lipinski definition) is 0. The van der Waals surface area contributed by atoms with E-state index in [4.69, 9.17) is 13.8 Å². The van der Waals surface area contributed by atoms with Gasteiger partial charge in [-0.3, -0.25) is 4.90 Å². The predicted molar refractivity (Wildman–Crippen MR) is 205 cm³/mol. The average molecular weight is 674 g/mol. The quantitative estimate of drug-likeness (QED) is 0.151. The first-order chi connectivity index (χ1) is 24.4. The van der Waals surface area contributed by atoms with Gasteiger partial charge in [-0.1, -0.05) is 160 Å². The number of aromatic nitrogens is 1. The lowest BCUT2D eigenvalue weighted by Crippen LogP contribution is -2.58. The zero-order valence-corrected chi connectivity index (χ0v) is 30.3. The van der Waals surface area contributed by atoms with Crippen molar-refractivity contribution >= 4 is 19.4 Å². The van der Waals surface area contributed by atoms with Gasteiger partial charge in [0.05, 0.1) is 6.04 Å². The molecule has 1 fully saturated rings. The Morgan fingerprint density at radius 3 is 1.94 bits per heavy atom. The second-order valence-corrected chi connectivity index (χ2v) is 16.7. The van der Waals surface area contributed by atoms with E-state index < -0.39 is 14.8 Å². The average Bonchev–Trinajstić information content (AvgIpc) is 3.84. The van der Waals surface area contributed by atoms with Gasteiger partial charge < -0.3 is 8.84 Å². The molecular weight excluding hydrogens is 629 g/mol. The normalized spacial score (nSPS) is 19.5. The summed E-state index contributed by atoms with van der Waals surface area (Å²) in [6, 6.07) is 49.6. The minimum atomic E-state index is -1.67. The molecule has 0 N–H and O–H groups in total. The van der Waals surface area contributed by atoms with E-state index in [1.165, 1.54) is 27.1 Å². The summed E-state index contributed by atoms with van der Waals surface area (Å²) in [5.74, 6) is 1.60. The van der Waals surface area contributed by atoms with Gasteiger partial charge >= 0.3 is 0 Å². The van der Waals surface area contributed by atoms with Crippen LogP contribution in [0.5, 0.6) is 0 Å². The molecule has 50 heavy (non-hydrogen) atoms. The van der Waals surface area contributed by atoms with Crippen molar-refractivity contribution < 1.29 is 8.84 Å². The number of hydrogen-bond acceptors (Lipinski definition) is 4. The molecule has 2 atom stereocenters. The summed E-state index contributed by atoms with van der Waals surface area (Å²) in [5, 5.41) is 2.51. The SMILES string of the molecule is CC(C)(C)c1cccc2c1CCC[C@]2(O[Si](c1ccccc1)c1ccccc1)N1CCC[C@@H]1c1nc(-c2ccccc2)c(-c2ccccc2)o1. The number of fused-ring (bicyclic) bond motifs is 1. The molecule has 1 saturated heterocycles. The van der Waals surface area contributed by atoms with Crippen molar-refractivity contribution in [1.29, 1.82) is 0 Å². The molecule has 4 nitrogen and oxygen atoms in total. The predicted octanol–water partition coefficient (Wildman–Crippen LogP) is 9.45. The van der Waals surface area contributed by atoms with Gasteiger partial charge in [0.1, 0.15) is 11.4 Å². The third-order valence-electron chi connectivity index (χ3n) is 10.4. The smallest absolute Gasteiger partial charge is 0.285 e. The van der Waals surface area contributed by atoms with Gasteiger partial charge in [-0.05, 0) is 59.0 Å². The van der Waals surface area contributed by atoms with Crippen LogP contribution in [0.1, 0.15) is 75.1 Å². The van der Waals surface area contributed by atoms with Crippen LogP contribution in [0.25, 0.3) is 22.6 Å². The maximum Gasteiger partial charge on any atom is 0.285 e. The molecule has 0 amide bonds. The Balaban J connectivity index is 1.31. The number of likely N-dealkylation sites (tertiary alicyclic amines) is 1. The first-order valence-corrected chi connectivity index (χ1v) is 19.5. The summed E-state index contributed by atoms with van der Waals surface area (Å²) in [7, 11) is -1.67. The number of benzene rings is 5. The van der Waals surface area contributed by atoms with Gasteiger partial charge in [0, 0.05) is 23.2 Å². The molecule has 0 spiro atoms. The molecule has 2 aliphatic rings. The largest absolute Gasteiger partial charge is 0.438 e. The van der Waals surface area contributed by atoms with Crippen LogP contribution < -0.4 is 10.4 Å². The molecule has 0 unspecified atom stereocenters. The second-order valence-electron chi connectivity index (χ2n) is 14.7. The van der Waals surface area contributed by atoms with E-state index >= 15 is 0 Å². The lowest BCUT2D eigenvalue weighted by molar-refractivity contribution is -0.118. The highest BCUT2D eigenvalue weighted by molar-refractivity contribution is 6.80. The van der Waals surface area contributed by atoms with Crippen molar-refractivity contribution in [2.45, 2.75) is 70.1 Å². The molecule has 1 aromatic heterocycles. The van der Waals surface area contributed by atoms with Crippen molar-refractivity contribution in [3.8, 4) is 22.6 Å². The molecule has 6 aromatic rings. The Labute approximate surface area is 298 Å². The van der Waals surface area contributed by atoms with Crippen LogP contribution >= 0.6 is 0 Å². The highest BCUT2D eigenvalue weighted by Crippen LogP contribution is 2.51. The van der Waals surface area contributed by atoms with Crippen molar-refractivity contribution in [1.82, 2.24) is 9.88 Å². The maximum absolute atomic E-state index is 7.95. The van der Waals surface area contributed by atoms with Crippen LogP contribution in [-0.4, -0.2) is 25.5 Å². The van der Waals surface area contributed by atoms with E-state index in [0.717, 1.165) is 67.1 Å². The summed E-state index contributed by atoms with van der Waals surface area (Å²) in [4.78, 5) is 8.01. The van der Waals surface area contributed by atoms with Gasteiger partial charge in [0.25, 0.3) is 9.04 Å². The Morgan fingerprint density at radius 1 is 0.720 bits per heavy atom. The van der Waals surface area contributed by atoms with E-state index in [-0.39, 0.29) is 11.5 Å². The fourth-order valence-electron chi connectivity index (χ4n) is 8.17. The minimum absolute atomic E-state index is 0.0171. The lowest BCUT2D eigenvalue weighted by Gasteiger charge is -2.50. The Bertz CT molecular complexity index is 1940. The van der Waals surface area contributed by atoms with Crippen molar-refractivity contribution in [3.63, 3.8) is 0 Å². The van der Waals surface area contributed by atoms with Gasteiger partial charge in [0.15, 0.2) is 5.76 Å². The van der Waals surface area contributed by atoms with Crippen molar-refractivity contribution in [2.75, 3.05) is 6.54 Å². The molecule has 0 bridgehead atoms. The molecule has 5 heteroatoms. The second kappa shape index (κ2) is 13.6. The molecule has 5 aromatic carbocycles. The van der Waals surface area contributed by atoms with Crippen LogP contribution in [0.4, 0.5) is 0 Å². The topological polar surface area (TPSA) is 38.5 Å². The van der Waals surface area contributed by atoms with E-state index in [9.17, 15) is 0 Å². The molecule has 8 rings (SSSR count). The van der Waals surface area contributed by atoms with Gasteiger partial charge in [0.2, 0.25) is 5.89 Å². The third-order valence-corrected chi connectivity index (χ3v) is 12.7. The molecule has 1 radical (unpaired) electrons. The summed E-state index contributed by atoms with van der Waals surface area (Å²) in [6.45, 7) is 7.92. The summed E-state index contributed by atoms with van der Waals surface area (Å²) >= 11 is 0. The zero-order valence-electron chi connectivity index (χ0n) is 29.3. The summed E-state index contributed by atoms with van der Waals surface area (Å²) < 4.78 is 14.9. The van der Waals surface area contributed by atoms with Crippen LogP contribution in [0.15, 0.2) is 144 Å². The first-order valence-electron chi connectivity index (χ1n) is 18.1. The van der Waals surface area contributed by atoms with Crippen LogP contribution in [-0.2, 0) is 22.0 Å². The van der Waals surface area contributed by atoms with E-state index in [0.29, 0.717) is 0 Å². The molecule has 0 saturated carbocycles. The highest BCUT2D eigenvalue weighted by atomic mass is 28.3. The Kier molecular flexibility index (Phi) is 8.90. The van der Waals surface area contributed by atoms with Gasteiger partial charge in [-0.15, -0.1) is 0 Å². The van der Waals surface area contributed by atoms with E-state index in [2.05, 4.69) is 159 Å². The lowest BCUT2D eigenvalue weighted by atomic mass is 9.75. The van der Waals surface area contributed by atoms with Crippen molar-refractivity contribution in [3.05, 3.63) is 162 Å². The fraction of sp³-hybridized carbons (Fsp3) is 0.267. The monoisotopic (exact) mass is 673 g/mol. The zero-order chi connectivity index (χ0) is 34.1. The third kappa shape index (κ3) is 6.08. The number of oxazole rings is 1. The molecule has 1 aliphatic heterocycles. The van der Waals surface area contributed by atoms with Crippen LogP contribution in [0, 0.1) is 0 Å². The fourth-order valence-corrected chi connectivity index (χ4v) is 10.4. The Morgan fingerprint density at radius 2 is 1.32 bits per heavy atom. The number of rotatable bonds is 8. The van der Waals surface area contributed by atoms with E-state index in [1.54, 1.807) is 0 Å². The van der Waals surface area contributed by atoms with Crippen LogP contribution in [0.2, 0.25) is 0 Å². The summed E-state index contributed by atoms with van der Waals surface area (Å²) in [6.07, 6.45) is 5.03. The molecule has 251 valence electrons. The van der Waals surface area contributed by atoms with Gasteiger partial charge in [-0.25, -0.2) is 4.98 Å². The van der Waals surface area contributed by atoms with Crippen molar-refractivity contribution in [2.24, 2.45) is 0 Å². The maximum atomic E-state index is 7.95. The molecule has 1 aliphatic carbocycles.